The van der Waals surface area contributed by atoms with Crippen LogP contribution in [0.15, 0.2) is 54.9 Å². The average molecular weight is 438 g/mol. The second-order valence-electron chi connectivity index (χ2n) is 8.45. The lowest BCUT2D eigenvalue weighted by Gasteiger charge is -2.09. The molecule has 0 unspecified atom stereocenters. The predicted molar refractivity (Wildman–Crippen MR) is 133 cm³/mol. The molecule has 0 saturated heterocycles. The summed E-state index contributed by atoms with van der Waals surface area (Å²) in [6.07, 6.45) is 10.7. The Balaban J connectivity index is 1.46. The van der Waals surface area contributed by atoms with Gasteiger partial charge in [0.25, 0.3) is 5.91 Å². The second kappa shape index (κ2) is 9.45. The van der Waals surface area contributed by atoms with E-state index in [1.807, 2.05) is 42.5 Å². The van der Waals surface area contributed by atoms with E-state index >= 15 is 0 Å². The second-order valence-corrected chi connectivity index (χ2v) is 8.45. The number of hydrogen-bond donors (Lipinski definition) is 1. The summed E-state index contributed by atoms with van der Waals surface area (Å²) in [6, 6.07) is 13.4. The number of unbranched alkanes of at least 4 members (excludes halogenated alkanes) is 5. The number of pyridine rings is 2. The van der Waals surface area contributed by atoms with Crippen LogP contribution in [0, 0.1) is 0 Å². The number of amides is 1. The van der Waals surface area contributed by atoms with Crippen LogP contribution in [0.1, 0.15) is 55.8 Å². The highest BCUT2D eigenvalue weighted by Gasteiger charge is 2.15. The van der Waals surface area contributed by atoms with Crippen molar-refractivity contribution in [3.05, 3.63) is 60.4 Å². The van der Waals surface area contributed by atoms with E-state index in [4.69, 9.17) is 9.97 Å². The van der Waals surface area contributed by atoms with E-state index in [-0.39, 0.29) is 5.91 Å². The molecule has 6 nitrogen and oxygen atoms in total. The van der Waals surface area contributed by atoms with Crippen molar-refractivity contribution in [1.29, 1.82) is 0 Å². The Morgan fingerprint density at radius 1 is 0.758 bits per heavy atom. The topological polar surface area (TPSA) is 80.7 Å². The van der Waals surface area contributed by atoms with Gasteiger partial charge in [0, 0.05) is 35.3 Å². The molecule has 0 aliphatic heterocycles. The number of fused-ring (bicyclic) bond motifs is 7. The Morgan fingerprint density at radius 3 is 2.09 bits per heavy atom. The van der Waals surface area contributed by atoms with Crippen molar-refractivity contribution < 1.29 is 4.79 Å². The highest BCUT2D eigenvalue weighted by Crippen LogP contribution is 2.31. The Morgan fingerprint density at radius 2 is 1.39 bits per heavy atom. The Labute approximate surface area is 192 Å². The summed E-state index contributed by atoms with van der Waals surface area (Å²) in [5, 5.41) is 5.04. The summed E-state index contributed by atoms with van der Waals surface area (Å²) in [7, 11) is 0. The number of carbonyl (C=O) groups excluding carboxylic acids is 1. The third-order valence-corrected chi connectivity index (χ3v) is 6.10. The van der Waals surface area contributed by atoms with Crippen LogP contribution in [-0.2, 0) is 0 Å². The van der Waals surface area contributed by atoms with E-state index < -0.39 is 0 Å². The molecule has 6 heteroatoms. The number of aromatic nitrogens is 4. The van der Waals surface area contributed by atoms with E-state index in [1.165, 1.54) is 25.7 Å². The summed E-state index contributed by atoms with van der Waals surface area (Å²) < 4.78 is 0. The van der Waals surface area contributed by atoms with Crippen LogP contribution in [0.2, 0.25) is 0 Å². The maximum absolute atomic E-state index is 12.7. The molecule has 0 aliphatic rings. The molecule has 0 aliphatic carbocycles. The van der Waals surface area contributed by atoms with Gasteiger partial charge < -0.3 is 5.32 Å². The molecule has 33 heavy (non-hydrogen) atoms. The SMILES string of the molecule is CCCCCCCCNC(=O)c1ccc2nc3c4ncccc4c4cccnc4c3nc2c1. The molecule has 3 heterocycles. The molecule has 5 aromatic rings. The van der Waals surface area contributed by atoms with Gasteiger partial charge in [-0.15, -0.1) is 0 Å². The molecule has 0 spiro atoms. The third kappa shape index (κ3) is 4.21. The number of rotatable bonds is 8. The van der Waals surface area contributed by atoms with Crippen molar-refractivity contribution in [2.45, 2.75) is 45.4 Å². The van der Waals surface area contributed by atoms with Gasteiger partial charge in [0.2, 0.25) is 0 Å². The molecular formula is C27H27N5O. The molecule has 0 atom stereocenters. The minimum atomic E-state index is -0.0736. The Hall–Kier alpha value is -3.67. The van der Waals surface area contributed by atoms with E-state index in [0.29, 0.717) is 23.1 Å². The zero-order valence-electron chi connectivity index (χ0n) is 18.8. The summed E-state index contributed by atoms with van der Waals surface area (Å²) in [5.41, 5.74) is 5.04. The lowest BCUT2D eigenvalue weighted by Crippen LogP contribution is -2.24. The van der Waals surface area contributed by atoms with Gasteiger partial charge in [0.15, 0.2) is 0 Å². The maximum atomic E-state index is 12.7. The molecule has 1 amide bonds. The van der Waals surface area contributed by atoms with Gasteiger partial charge in [0.05, 0.1) is 22.1 Å². The van der Waals surface area contributed by atoms with Crippen molar-refractivity contribution >= 4 is 49.8 Å². The largest absolute Gasteiger partial charge is 0.352 e. The Bertz CT molecular complexity index is 1460. The van der Waals surface area contributed by atoms with Crippen LogP contribution in [0.4, 0.5) is 0 Å². The van der Waals surface area contributed by atoms with Gasteiger partial charge in [-0.2, -0.15) is 0 Å². The number of nitrogens with zero attached hydrogens (tertiary/aromatic N) is 4. The summed E-state index contributed by atoms with van der Waals surface area (Å²) >= 11 is 0. The van der Waals surface area contributed by atoms with Gasteiger partial charge in [-0.1, -0.05) is 51.2 Å². The fourth-order valence-electron chi connectivity index (χ4n) is 4.36. The molecule has 0 fully saturated rings. The quantitative estimate of drug-likeness (QED) is 0.184. The van der Waals surface area contributed by atoms with Crippen LogP contribution in [-0.4, -0.2) is 32.4 Å². The highest BCUT2D eigenvalue weighted by atomic mass is 16.1. The standard InChI is InChI=1S/C27H27N5O/c1-2-3-4-5-6-7-14-30-27(33)18-12-13-21-22(17-18)32-26-24-20(11-9-16-29-24)19-10-8-15-28-23(19)25(26)31-21/h8-13,15-17H,2-7,14H2,1H3,(H,30,33). The predicted octanol–water partition coefficient (Wildman–Crippen LogP) is 5.97. The maximum Gasteiger partial charge on any atom is 0.251 e. The van der Waals surface area contributed by atoms with Gasteiger partial charge >= 0.3 is 0 Å². The lowest BCUT2D eigenvalue weighted by atomic mass is 10.1. The molecule has 0 radical (unpaired) electrons. The van der Waals surface area contributed by atoms with Gasteiger partial charge in [-0.05, 0) is 36.8 Å². The van der Waals surface area contributed by atoms with Crippen LogP contribution in [0.3, 0.4) is 0 Å². The zero-order valence-corrected chi connectivity index (χ0v) is 18.8. The minimum absolute atomic E-state index is 0.0736. The molecular weight excluding hydrogens is 410 g/mol. The summed E-state index contributed by atoms with van der Waals surface area (Å²) in [5.74, 6) is -0.0736. The van der Waals surface area contributed by atoms with Crippen molar-refractivity contribution in [3.63, 3.8) is 0 Å². The monoisotopic (exact) mass is 437 g/mol. The summed E-state index contributed by atoms with van der Waals surface area (Å²) in [4.78, 5) is 31.6. The van der Waals surface area contributed by atoms with Gasteiger partial charge in [0.1, 0.15) is 11.0 Å². The third-order valence-electron chi connectivity index (χ3n) is 6.10. The van der Waals surface area contributed by atoms with Gasteiger partial charge in [-0.25, -0.2) is 9.97 Å². The molecule has 166 valence electrons. The fraction of sp³-hybridized carbons (Fsp3) is 0.296. The molecule has 5 rings (SSSR count). The molecule has 0 saturated carbocycles. The van der Waals surface area contributed by atoms with Gasteiger partial charge in [-0.3, -0.25) is 14.8 Å². The van der Waals surface area contributed by atoms with E-state index in [0.717, 1.165) is 45.7 Å². The van der Waals surface area contributed by atoms with Crippen LogP contribution in [0.25, 0.3) is 43.9 Å². The first kappa shape index (κ1) is 21.2. The number of nitrogens with one attached hydrogen (secondary N) is 1. The summed E-state index contributed by atoms with van der Waals surface area (Å²) in [6.45, 7) is 2.91. The highest BCUT2D eigenvalue weighted by molar-refractivity contribution is 6.21. The first-order chi connectivity index (χ1) is 16.3. The Kier molecular flexibility index (Phi) is 6.07. The number of carbonyl (C=O) groups is 1. The number of hydrogen-bond acceptors (Lipinski definition) is 5. The van der Waals surface area contributed by atoms with Crippen molar-refractivity contribution in [2.75, 3.05) is 6.54 Å². The molecule has 3 aromatic heterocycles. The number of benzene rings is 2. The van der Waals surface area contributed by atoms with E-state index in [2.05, 4.69) is 22.2 Å². The minimum Gasteiger partial charge on any atom is -0.352 e. The molecule has 1 N–H and O–H groups in total. The van der Waals surface area contributed by atoms with Crippen LogP contribution < -0.4 is 5.32 Å². The smallest absolute Gasteiger partial charge is 0.251 e. The van der Waals surface area contributed by atoms with E-state index in [1.54, 1.807) is 12.4 Å². The zero-order chi connectivity index (χ0) is 22.6. The van der Waals surface area contributed by atoms with Crippen molar-refractivity contribution in [2.24, 2.45) is 0 Å². The first-order valence-electron chi connectivity index (χ1n) is 11.8. The molecule has 0 bridgehead atoms. The van der Waals surface area contributed by atoms with Crippen molar-refractivity contribution in [1.82, 2.24) is 25.3 Å². The average Bonchev–Trinajstić information content (AvgIpc) is 2.87. The molecule has 2 aromatic carbocycles. The first-order valence-corrected chi connectivity index (χ1v) is 11.8. The normalized spacial score (nSPS) is 11.5. The van der Waals surface area contributed by atoms with Crippen molar-refractivity contribution in [3.8, 4) is 0 Å². The fourth-order valence-corrected chi connectivity index (χ4v) is 4.36. The van der Waals surface area contributed by atoms with Crippen LogP contribution >= 0.6 is 0 Å². The lowest BCUT2D eigenvalue weighted by molar-refractivity contribution is 0.0953. The van der Waals surface area contributed by atoms with Crippen LogP contribution in [0.5, 0.6) is 0 Å². The van der Waals surface area contributed by atoms with E-state index in [9.17, 15) is 4.79 Å².